The molecule has 10 nitrogen and oxygen atoms in total. The van der Waals surface area contributed by atoms with Crippen LogP contribution < -0.4 is 20.7 Å². The molecule has 1 aromatic carbocycles. The number of benzene rings is 1. The molecule has 2 aliphatic rings. The lowest BCUT2D eigenvalue weighted by atomic mass is 9.93. The van der Waals surface area contributed by atoms with Crippen LogP contribution in [-0.2, 0) is 25.6 Å². The first-order chi connectivity index (χ1) is 18.8. The fourth-order valence-electron chi connectivity index (χ4n) is 5.19. The lowest BCUT2D eigenvalue weighted by Crippen LogP contribution is -2.64. The summed E-state index contributed by atoms with van der Waals surface area (Å²) in [5, 5.41) is 17.9. The minimum Gasteiger partial charge on any atom is -0.494 e. The highest BCUT2D eigenvalue weighted by Gasteiger charge is 2.40. The number of ether oxygens (including phenoxy) is 1. The Morgan fingerprint density at radius 2 is 1.64 bits per heavy atom. The maximum absolute atomic E-state index is 13.8. The Kier molecular flexibility index (Phi) is 11.6. The van der Waals surface area contributed by atoms with E-state index < -0.39 is 36.0 Å². The van der Waals surface area contributed by atoms with Crippen molar-refractivity contribution >= 4 is 23.6 Å². The predicted octanol–water partition coefficient (Wildman–Crippen LogP) is 1.69. The molecule has 2 fully saturated rings. The SMILES string of the molecule is CCOc1ccc(C[C@H]2NC(=O)[C@H](CCCCO)NC(=O)[C@@H]3CCCCN3C(=O)[C@H]([C@@H](C)CC)NC2=O)cc1. The van der Waals surface area contributed by atoms with Crippen LogP contribution in [0, 0.1) is 5.92 Å². The second-order valence-electron chi connectivity index (χ2n) is 10.5. The summed E-state index contributed by atoms with van der Waals surface area (Å²) in [7, 11) is 0. The van der Waals surface area contributed by atoms with E-state index in [0.29, 0.717) is 51.0 Å². The van der Waals surface area contributed by atoms with E-state index in [4.69, 9.17) is 4.74 Å². The Morgan fingerprint density at radius 3 is 2.31 bits per heavy atom. The molecule has 2 saturated heterocycles. The van der Waals surface area contributed by atoms with E-state index in [1.165, 1.54) is 0 Å². The number of aliphatic hydroxyl groups is 1. The van der Waals surface area contributed by atoms with Gasteiger partial charge < -0.3 is 30.7 Å². The van der Waals surface area contributed by atoms with Crippen molar-refractivity contribution in [1.29, 1.82) is 0 Å². The largest absolute Gasteiger partial charge is 0.494 e. The number of fused-ring (bicyclic) bond motifs is 1. The van der Waals surface area contributed by atoms with Crippen molar-refractivity contribution in [2.75, 3.05) is 19.8 Å². The summed E-state index contributed by atoms with van der Waals surface area (Å²) < 4.78 is 5.51. The average Bonchev–Trinajstić information content (AvgIpc) is 2.94. The van der Waals surface area contributed by atoms with Crippen molar-refractivity contribution in [3.8, 4) is 5.75 Å². The molecule has 2 aliphatic heterocycles. The summed E-state index contributed by atoms with van der Waals surface area (Å²) in [5.74, 6) is -0.972. The van der Waals surface area contributed by atoms with E-state index in [9.17, 15) is 24.3 Å². The van der Waals surface area contributed by atoms with Crippen LogP contribution in [0.4, 0.5) is 0 Å². The van der Waals surface area contributed by atoms with Gasteiger partial charge in [0.05, 0.1) is 6.61 Å². The number of aliphatic hydroxyl groups excluding tert-OH is 1. The lowest BCUT2D eigenvalue weighted by molar-refractivity contribution is -0.147. The molecular formula is C29H44N4O6. The quantitative estimate of drug-likeness (QED) is 0.331. The molecule has 2 heterocycles. The number of rotatable bonds is 10. The highest BCUT2D eigenvalue weighted by molar-refractivity contribution is 5.97. The number of nitrogens with zero attached hydrogens (tertiary/aromatic N) is 1. The number of piperidine rings is 1. The van der Waals surface area contributed by atoms with Gasteiger partial charge in [0.25, 0.3) is 0 Å². The van der Waals surface area contributed by atoms with Crippen LogP contribution in [-0.4, -0.2) is 77.6 Å². The minimum absolute atomic E-state index is 0.0209. The first-order valence-electron chi connectivity index (χ1n) is 14.3. The van der Waals surface area contributed by atoms with Gasteiger partial charge >= 0.3 is 0 Å². The Labute approximate surface area is 231 Å². The Bertz CT molecular complexity index is 984. The van der Waals surface area contributed by atoms with Gasteiger partial charge in [0.15, 0.2) is 0 Å². The zero-order chi connectivity index (χ0) is 28.4. The van der Waals surface area contributed by atoms with Crippen LogP contribution >= 0.6 is 0 Å². The summed E-state index contributed by atoms with van der Waals surface area (Å²) in [5.41, 5.74) is 0.814. The van der Waals surface area contributed by atoms with Crippen molar-refractivity contribution in [2.45, 2.75) is 96.3 Å². The van der Waals surface area contributed by atoms with Gasteiger partial charge in [-0.3, -0.25) is 19.2 Å². The normalized spacial score (nSPS) is 25.4. The predicted molar refractivity (Wildman–Crippen MR) is 147 cm³/mol. The van der Waals surface area contributed by atoms with Gasteiger partial charge in [-0.2, -0.15) is 0 Å². The zero-order valence-corrected chi connectivity index (χ0v) is 23.4. The van der Waals surface area contributed by atoms with E-state index in [2.05, 4.69) is 16.0 Å². The highest BCUT2D eigenvalue weighted by Crippen LogP contribution is 2.22. The standard InChI is InChI=1S/C29H44N4O6/c1-4-19(3)25-29(38)33-16-8-6-11-24(33)28(37)30-22(10-7-9-17-34)26(35)31-23(27(36)32-25)18-20-12-14-21(15-13-20)39-5-2/h12-15,19,22-25,34H,4-11,16-18H2,1-3H3,(H,30,37)(H,31,35)(H,32,36)/t19-,22-,23+,24-,25-/m0/s1. The maximum Gasteiger partial charge on any atom is 0.246 e. The van der Waals surface area contributed by atoms with Crippen LogP contribution in [0.15, 0.2) is 24.3 Å². The molecule has 0 saturated carbocycles. The fourth-order valence-corrected chi connectivity index (χ4v) is 5.19. The molecule has 216 valence electrons. The van der Waals surface area contributed by atoms with Gasteiger partial charge in [-0.25, -0.2) is 0 Å². The number of hydrogen-bond donors (Lipinski definition) is 4. The third kappa shape index (κ3) is 8.17. The second-order valence-corrected chi connectivity index (χ2v) is 10.5. The highest BCUT2D eigenvalue weighted by atomic mass is 16.5. The minimum atomic E-state index is -0.955. The molecule has 0 aliphatic carbocycles. The summed E-state index contributed by atoms with van der Waals surface area (Å²) in [4.78, 5) is 56.0. The zero-order valence-electron chi connectivity index (χ0n) is 23.4. The number of unbranched alkanes of at least 4 members (excludes halogenated alkanes) is 1. The molecule has 0 spiro atoms. The summed E-state index contributed by atoms with van der Waals surface area (Å²) in [6.07, 6.45) is 4.26. The van der Waals surface area contributed by atoms with E-state index in [1.54, 1.807) is 4.90 Å². The second kappa shape index (κ2) is 14.9. The molecule has 0 aromatic heterocycles. The fraction of sp³-hybridized carbons (Fsp3) is 0.655. The van der Waals surface area contributed by atoms with Crippen molar-refractivity contribution in [1.82, 2.24) is 20.9 Å². The summed E-state index contributed by atoms with van der Waals surface area (Å²) in [6, 6.07) is 3.97. The molecule has 0 unspecified atom stereocenters. The molecule has 39 heavy (non-hydrogen) atoms. The van der Waals surface area contributed by atoms with Gasteiger partial charge in [-0.05, 0) is 69.1 Å². The number of amides is 4. The Hall–Kier alpha value is -3.14. The van der Waals surface area contributed by atoms with Gasteiger partial charge in [0.1, 0.15) is 29.9 Å². The Balaban J connectivity index is 1.95. The lowest BCUT2D eigenvalue weighted by Gasteiger charge is -2.39. The van der Waals surface area contributed by atoms with Crippen molar-refractivity contribution in [2.24, 2.45) is 5.92 Å². The average molecular weight is 545 g/mol. The first kappa shape index (κ1) is 30.4. The molecule has 4 N–H and O–H groups in total. The monoisotopic (exact) mass is 544 g/mol. The van der Waals surface area contributed by atoms with Crippen LogP contribution in [0.25, 0.3) is 0 Å². The first-order valence-corrected chi connectivity index (χ1v) is 14.3. The molecule has 0 bridgehead atoms. The third-order valence-corrected chi connectivity index (χ3v) is 7.71. The van der Waals surface area contributed by atoms with E-state index in [1.807, 2.05) is 45.0 Å². The van der Waals surface area contributed by atoms with E-state index >= 15 is 0 Å². The van der Waals surface area contributed by atoms with Gasteiger partial charge in [-0.15, -0.1) is 0 Å². The molecule has 0 radical (unpaired) electrons. The summed E-state index contributed by atoms with van der Waals surface area (Å²) in [6.45, 7) is 6.70. The molecule has 1 aromatic rings. The van der Waals surface area contributed by atoms with Crippen molar-refractivity contribution in [3.05, 3.63) is 29.8 Å². The maximum atomic E-state index is 13.8. The number of nitrogens with one attached hydrogen (secondary N) is 3. The molecule has 10 heteroatoms. The number of carbonyl (C=O) groups excluding carboxylic acids is 4. The third-order valence-electron chi connectivity index (χ3n) is 7.71. The van der Waals surface area contributed by atoms with E-state index in [-0.39, 0.29) is 30.8 Å². The smallest absolute Gasteiger partial charge is 0.246 e. The Morgan fingerprint density at radius 1 is 0.949 bits per heavy atom. The van der Waals surface area contributed by atoms with Crippen LogP contribution in [0.5, 0.6) is 5.75 Å². The molecule has 4 amide bonds. The van der Waals surface area contributed by atoms with Crippen molar-refractivity contribution in [3.63, 3.8) is 0 Å². The number of hydrogen-bond acceptors (Lipinski definition) is 6. The van der Waals surface area contributed by atoms with Crippen molar-refractivity contribution < 1.29 is 29.0 Å². The van der Waals surface area contributed by atoms with Gasteiger partial charge in [0, 0.05) is 19.6 Å². The molecule has 3 rings (SSSR count). The van der Waals surface area contributed by atoms with Gasteiger partial charge in [-0.1, -0.05) is 32.4 Å². The van der Waals surface area contributed by atoms with Gasteiger partial charge in [0.2, 0.25) is 23.6 Å². The van der Waals surface area contributed by atoms with Crippen LogP contribution in [0.2, 0.25) is 0 Å². The summed E-state index contributed by atoms with van der Waals surface area (Å²) >= 11 is 0. The topological polar surface area (TPSA) is 137 Å². The molecular weight excluding hydrogens is 500 g/mol. The van der Waals surface area contributed by atoms with Crippen LogP contribution in [0.3, 0.4) is 0 Å². The number of carbonyl (C=O) groups is 4. The van der Waals surface area contributed by atoms with Crippen LogP contribution in [0.1, 0.15) is 71.3 Å². The van der Waals surface area contributed by atoms with E-state index in [0.717, 1.165) is 18.4 Å². The molecule has 5 atom stereocenters.